The predicted octanol–water partition coefficient (Wildman–Crippen LogP) is 2.16. The molecule has 78 valence electrons. The third kappa shape index (κ3) is 1.84. The van der Waals surface area contributed by atoms with E-state index in [-0.39, 0.29) is 10.8 Å². The highest BCUT2D eigenvalue weighted by atomic mass is 35.5. The van der Waals surface area contributed by atoms with Gasteiger partial charge in [0.2, 0.25) is 5.15 Å². The number of aromatic nitrogens is 1. The van der Waals surface area contributed by atoms with E-state index in [1.54, 1.807) is 0 Å². The van der Waals surface area contributed by atoms with Gasteiger partial charge in [0.05, 0.1) is 4.92 Å². The van der Waals surface area contributed by atoms with Crippen molar-refractivity contribution in [3.63, 3.8) is 0 Å². The van der Waals surface area contributed by atoms with E-state index in [4.69, 9.17) is 21.1 Å². The van der Waals surface area contributed by atoms with Crippen molar-refractivity contribution in [2.75, 3.05) is 0 Å². The highest BCUT2D eigenvalue weighted by molar-refractivity contribution is 6.31. The number of nitro groups is 1. The third-order valence-corrected chi connectivity index (χ3v) is 2.03. The molecule has 0 fully saturated rings. The molecule has 15 heavy (non-hydrogen) atoms. The van der Waals surface area contributed by atoms with Crippen LogP contribution in [0.2, 0.25) is 5.15 Å². The summed E-state index contributed by atoms with van der Waals surface area (Å²) in [6.45, 7) is 0. The van der Waals surface area contributed by atoms with Crippen LogP contribution in [-0.2, 0) is 9.47 Å². The number of rotatable bonds is 2. The molecule has 1 aromatic rings. The number of hydrogen-bond acceptors (Lipinski definition) is 5. The Morgan fingerprint density at radius 2 is 2.07 bits per heavy atom. The van der Waals surface area contributed by atoms with Gasteiger partial charge < -0.3 is 9.47 Å². The summed E-state index contributed by atoms with van der Waals surface area (Å²) in [6, 6.07) is 2.69. The highest BCUT2D eigenvalue weighted by Crippen LogP contribution is 2.27. The molecule has 0 amide bonds. The minimum absolute atomic E-state index is 0.184. The SMILES string of the molecule is O=[N+]([O-])c1ccc(C2OC=CO2)nc1Cl. The third-order valence-electron chi connectivity index (χ3n) is 1.75. The molecule has 0 N–H and O–H groups in total. The van der Waals surface area contributed by atoms with E-state index in [2.05, 4.69) is 4.98 Å². The van der Waals surface area contributed by atoms with Crippen LogP contribution in [0.25, 0.3) is 0 Å². The Hall–Kier alpha value is -1.82. The lowest BCUT2D eigenvalue weighted by atomic mass is 10.3. The van der Waals surface area contributed by atoms with Gasteiger partial charge in [-0.25, -0.2) is 4.98 Å². The predicted molar refractivity (Wildman–Crippen MR) is 50.0 cm³/mol. The van der Waals surface area contributed by atoms with Gasteiger partial charge in [-0.15, -0.1) is 0 Å². The molecule has 0 aromatic carbocycles. The Bertz CT molecular complexity index is 427. The summed E-state index contributed by atoms with van der Waals surface area (Å²) in [5.74, 6) is 0. The molecule has 1 aromatic heterocycles. The monoisotopic (exact) mass is 228 g/mol. The van der Waals surface area contributed by atoms with E-state index in [0.29, 0.717) is 5.69 Å². The van der Waals surface area contributed by atoms with E-state index in [1.165, 1.54) is 24.7 Å². The maximum Gasteiger partial charge on any atom is 0.306 e. The van der Waals surface area contributed by atoms with Gasteiger partial charge in [-0.1, -0.05) is 11.6 Å². The van der Waals surface area contributed by atoms with E-state index in [0.717, 1.165) is 0 Å². The molecule has 0 saturated carbocycles. The van der Waals surface area contributed by atoms with Crippen molar-refractivity contribution >= 4 is 17.3 Å². The Kier molecular flexibility index (Phi) is 2.42. The fourth-order valence-corrected chi connectivity index (χ4v) is 1.32. The number of halogens is 1. The average molecular weight is 229 g/mol. The van der Waals surface area contributed by atoms with Crippen LogP contribution in [0, 0.1) is 10.1 Å². The summed E-state index contributed by atoms with van der Waals surface area (Å²) in [4.78, 5) is 13.7. The molecule has 2 rings (SSSR count). The van der Waals surface area contributed by atoms with Crippen LogP contribution in [0.5, 0.6) is 0 Å². The topological polar surface area (TPSA) is 74.5 Å². The highest BCUT2D eigenvalue weighted by Gasteiger charge is 2.21. The Balaban J connectivity index is 2.29. The molecule has 7 heteroatoms. The first-order valence-electron chi connectivity index (χ1n) is 3.95. The largest absolute Gasteiger partial charge is 0.454 e. The zero-order valence-electron chi connectivity index (χ0n) is 7.29. The minimum Gasteiger partial charge on any atom is -0.454 e. The zero-order chi connectivity index (χ0) is 10.8. The second-order valence-corrected chi connectivity index (χ2v) is 3.04. The van der Waals surface area contributed by atoms with Crippen LogP contribution in [0.15, 0.2) is 24.7 Å². The molecular weight excluding hydrogens is 224 g/mol. The van der Waals surface area contributed by atoms with Gasteiger partial charge in [-0.05, 0) is 6.07 Å². The van der Waals surface area contributed by atoms with Crippen molar-refractivity contribution in [3.8, 4) is 0 Å². The van der Waals surface area contributed by atoms with Gasteiger partial charge >= 0.3 is 5.69 Å². The lowest BCUT2D eigenvalue weighted by molar-refractivity contribution is -0.385. The molecule has 1 aliphatic heterocycles. The molecule has 0 radical (unpaired) electrons. The molecular formula is C8H5ClN2O4. The molecule has 0 aliphatic carbocycles. The Labute approximate surface area is 89.2 Å². The van der Waals surface area contributed by atoms with Crippen molar-refractivity contribution in [2.45, 2.75) is 6.29 Å². The fourth-order valence-electron chi connectivity index (χ4n) is 1.09. The second-order valence-electron chi connectivity index (χ2n) is 2.68. The number of nitrogens with zero attached hydrogens (tertiary/aromatic N) is 2. The van der Waals surface area contributed by atoms with Crippen LogP contribution in [0.1, 0.15) is 12.0 Å². The van der Waals surface area contributed by atoms with Gasteiger partial charge in [0, 0.05) is 6.07 Å². The molecule has 0 spiro atoms. The van der Waals surface area contributed by atoms with Crippen molar-refractivity contribution in [3.05, 3.63) is 45.6 Å². The summed E-state index contributed by atoms with van der Waals surface area (Å²) in [5, 5.41) is 10.3. The maximum absolute atomic E-state index is 10.5. The molecule has 0 atom stereocenters. The minimum atomic E-state index is -0.677. The first kappa shape index (κ1) is 9.72. The Morgan fingerprint density at radius 3 is 2.60 bits per heavy atom. The number of pyridine rings is 1. The number of ether oxygens (including phenoxy) is 2. The zero-order valence-corrected chi connectivity index (χ0v) is 8.05. The van der Waals surface area contributed by atoms with Crippen molar-refractivity contribution < 1.29 is 14.4 Å². The van der Waals surface area contributed by atoms with Crippen LogP contribution in [0.4, 0.5) is 5.69 Å². The van der Waals surface area contributed by atoms with E-state index >= 15 is 0 Å². The summed E-state index contributed by atoms with van der Waals surface area (Å²) in [5.41, 5.74) is 0.141. The van der Waals surface area contributed by atoms with Crippen LogP contribution in [0.3, 0.4) is 0 Å². The molecule has 0 bridgehead atoms. The van der Waals surface area contributed by atoms with Gasteiger partial charge in [0.25, 0.3) is 6.29 Å². The van der Waals surface area contributed by atoms with Crippen molar-refractivity contribution in [2.24, 2.45) is 0 Å². The number of hydrogen-bond donors (Lipinski definition) is 0. The van der Waals surface area contributed by atoms with Gasteiger partial charge in [0.1, 0.15) is 18.2 Å². The van der Waals surface area contributed by atoms with E-state index in [1.807, 2.05) is 0 Å². The van der Waals surface area contributed by atoms with Gasteiger partial charge in [-0.2, -0.15) is 0 Å². The van der Waals surface area contributed by atoms with Gasteiger partial charge in [-0.3, -0.25) is 10.1 Å². The maximum atomic E-state index is 10.5. The lowest BCUT2D eigenvalue weighted by Crippen LogP contribution is -2.02. The first-order chi connectivity index (χ1) is 7.18. The van der Waals surface area contributed by atoms with E-state index < -0.39 is 11.2 Å². The lowest BCUT2D eigenvalue weighted by Gasteiger charge is -2.08. The van der Waals surface area contributed by atoms with Crippen LogP contribution >= 0.6 is 11.6 Å². The quantitative estimate of drug-likeness (QED) is 0.440. The molecule has 1 aliphatic rings. The molecule has 2 heterocycles. The Morgan fingerprint density at radius 1 is 1.40 bits per heavy atom. The molecule has 6 nitrogen and oxygen atoms in total. The fraction of sp³-hybridized carbons (Fsp3) is 0.125. The standard InChI is InChI=1S/C8H5ClN2O4/c9-7-6(11(12)13)2-1-5(10-7)8-14-3-4-15-8/h1-4,8H. The summed E-state index contributed by atoms with van der Waals surface area (Å²) in [6.07, 6.45) is 2.05. The van der Waals surface area contributed by atoms with Crippen LogP contribution in [-0.4, -0.2) is 9.91 Å². The van der Waals surface area contributed by atoms with Crippen molar-refractivity contribution in [1.82, 2.24) is 4.98 Å². The normalized spacial score (nSPS) is 14.7. The van der Waals surface area contributed by atoms with Crippen molar-refractivity contribution in [1.29, 1.82) is 0 Å². The summed E-state index contributed by atoms with van der Waals surface area (Å²) in [7, 11) is 0. The van der Waals surface area contributed by atoms with E-state index in [9.17, 15) is 10.1 Å². The first-order valence-corrected chi connectivity index (χ1v) is 4.33. The summed E-state index contributed by atoms with van der Waals surface area (Å²) < 4.78 is 10.0. The van der Waals surface area contributed by atoms with Gasteiger partial charge in [0.15, 0.2) is 0 Å². The molecule has 0 saturated heterocycles. The second kappa shape index (κ2) is 3.74. The average Bonchev–Trinajstić information content (AvgIpc) is 2.69. The van der Waals surface area contributed by atoms with Crippen LogP contribution < -0.4 is 0 Å². The molecule has 0 unspecified atom stereocenters. The smallest absolute Gasteiger partial charge is 0.306 e. The summed E-state index contributed by atoms with van der Waals surface area (Å²) >= 11 is 5.62.